The zero-order valence-corrected chi connectivity index (χ0v) is 13.1. The van der Waals surface area contributed by atoms with Gasteiger partial charge in [0.2, 0.25) is 0 Å². The average molecular weight is 304 g/mol. The van der Waals surface area contributed by atoms with Crippen molar-refractivity contribution in [1.29, 1.82) is 0 Å². The number of hydrogen-bond donors (Lipinski definition) is 1. The van der Waals surface area contributed by atoms with E-state index in [0.29, 0.717) is 6.04 Å². The molecule has 3 rings (SSSR count). The first-order valence-corrected chi connectivity index (χ1v) is 8.18. The Kier molecular flexibility index (Phi) is 4.35. The zero-order valence-electron chi connectivity index (χ0n) is 11.5. The van der Waals surface area contributed by atoms with E-state index >= 15 is 0 Å². The summed E-state index contributed by atoms with van der Waals surface area (Å²) in [5.74, 6) is 0. The van der Waals surface area contributed by atoms with Crippen molar-refractivity contribution in [2.45, 2.75) is 42.1 Å². The summed E-state index contributed by atoms with van der Waals surface area (Å²) >= 11 is 8.18. The highest BCUT2D eigenvalue weighted by molar-refractivity contribution is 7.99. The molecule has 0 amide bonds. The second-order valence-corrected chi connectivity index (χ2v) is 6.71. The van der Waals surface area contributed by atoms with Crippen LogP contribution >= 0.6 is 23.4 Å². The van der Waals surface area contributed by atoms with Crippen LogP contribution in [0.4, 0.5) is 0 Å². The van der Waals surface area contributed by atoms with Crippen molar-refractivity contribution in [1.82, 2.24) is 5.32 Å². The normalized spacial score (nSPS) is 14.5. The van der Waals surface area contributed by atoms with E-state index in [1.165, 1.54) is 33.8 Å². The van der Waals surface area contributed by atoms with Crippen LogP contribution in [0.15, 0.2) is 52.3 Å². The van der Waals surface area contributed by atoms with Crippen LogP contribution in [0.25, 0.3) is 0 Å². The predicted molar refractivity (Wildman–Crippen MR) is 86.6 cm³/mol. The Labute approximate surface area is 129 Å². The molecule has 0 spiro atoms. The summed E-state index contributed by atoms with van der Waals surface area (Å²) in [5.41, 5.74) is 2.58. The molecule has 1 saturated carbocycles. The number of nitrogens with one attached hydrogen (secondary N) is 1. The first-order valence-electron chi connectivity index (χ1n) is 6.98. The molecule has 2 aromatic rings. The summed E-state index contributed by atoms with van der Waals surface area (Å²) in [4.78, 5) is 2.45. The second-order valence-electron chi connectivity index (χ2n) is 5.25. The lowest BCUT2D eigenvalue weighted by atomic mass is 10.2. The summed E-state index contributed by atoms with van der Waals surface area (Å²) < 4.78 is 0. The highest BCUT2D eigenvalue weighted by atomic mass is 35.5. The Bertz CT molecular complexity index is 608. The van der Waals surface area contributed by atoms with E-state index in [-0.39, 0.29) is 0 Å². The van der Waals surface area contributed by atoms with Gasteiger partial charge in [-0.2, -0.15) is 0 Å². The highest BCUT2D eigenvalue weighted by Crippen LogP contribution is 2.37. The van der Waals surface area contributed by atoms with Crippen LogP contribution in [-0.4, -0.2) is 6.04 Å². The zero-order chi connectivity index (χ0) is 13.9. The maximum absolute atomic E-state index is 6.41. The summed E-state index contributed by atoms with van der Waals surface area (Å²) in [5, 5.41) is 4.41. The summed E-state index contributed by atoms with van der Waals surface area (Å²) in [6, 6.07) is 15.3. The Balaban J connectivity index is 1.85. The van der Waals surface area contributed by atoms with Gasteiger partial charge >= 0.3 is 0 Å². The quantitative estimate of drug-likeness (QED) is 0.829. The topological polar surface area (TPSA) is 12.0 Å². The first kappa shape index (κ1) is 14.0. The molecule has 1 aliphatic rings. The van der Waals surface area contributed by atoms with Crippen molar-refractivity contribution < 1.29 is 0 Å². The molecular formula is C17H18ClNS. The molecule has 2 aromatic carbocycles. The lowest BCUT2D eigenvalue weighted by molar-refractivity contribution is 0.680. The van der Waals surface area contributed by atoms with Gasteiger partial charge in [0, 0.05) is 22.4 Å². The Morgan fingerprint density at radius 1 is 1.15 bits per heavy atom. The predicted octanol–water partition coefficient (Wildman–Crippen LogP) is 5.05. The van der Waals surface area contributed by atoms with Crippen LogP contribution in [-0.2, 0) is 6.54 Å². The molecule has 1 fully saturated rings. The molecular weight excluding hydrogens is 286 g/mol. The first-order chi connectivity index (χ1) is 9.74. The van der Waals surface area contributed by atoms with Gasteiger partial charge in [0.25, 0.3) is 0 Å². The molecule has 3 heteroatoms. The van der Waals surface area contributed by atoms with Gasteiger partial charge in [0.1, 0.15) is 0 Å². The maximum atomic E-state index is 6.41. The van der Waals surface area contributed by atoms with Crippen LogP contribution in [0, 0.1) is 6.92 Å². The van der Waals surface area contributed by atoms with Gasteiger partial charge in [-0.3, -0.25) is 0 Å². The smallest absolute Gasteiger partial charge is 0.0548 e. The van der Waals surface area contributed by atoms with Crippen LogP contribution in [0.3, 0.4) is 0 Å². The van der Waals surface area contributed by atoms with Gasteiger partial charge in [-0.1, -0.05) is 53.7 Å². The van der Waals surface area contributed by atoms with E-state index in [0.717, 1.165) is 11.6 Å². The van der Waals surface area contributed by atoms with Gasteiger partial charge in [0.05, 0.1) is 5.02 Å². The van der Waals surface area contributed by atoms with Gasteiger partial charge in [-0.15, -0.1) is 0 Å². The fraction of sp³-hybridized carbons (Fsp3) is 0.294. The number of benzene rings is 2. The van der Waals surface area contributed by atoms with Crippen molar-refractivity contribution >= 4 is 23.4 Å². The van der Waals surface area contributed by atoms with Gasteiger partial charge < -0.3 is 5.32 Å². The minimum Gasteiger partial charge on any atom is -0.310 e. The van der Waals surface area contributed by atoms with Crippen molar-refractivity contribution in [3.05, 3.63) is 58.6 Å². The van der Waals surface area contributed by atoms with Gasteiger partial charge in [-0.25, -0.2) is 0 Å². The molecule has 0 heterocycles. The minimum absolute atomic E-state index is 0.713. The van der Waals surface area contributed by atoms with Crippen LogP contribution in [0.2, 0.25) is 5.02 Å². The van der Waals surface area contributed by atoms with Crippen molar-refractivity contribution in [2.75, 3.05) is 0 Å². The number of rotatable bonds is 5. The highest BCUT2D eigenvalue weighted by Gasteiger charge is 2.21. The molecule has 0 saturated heterocycles. The third-order valence-corrected chi connectivity index (χ3v) is 5.30. The Morgan fingerprint density at radius 3 is 2.70 bits per heavy atom. The minimum atomic E-state index is 0.713. The molecule has 0 atom stereocenters. The van der Waals surface area contributed by atoms with Gasteiger partial charge in [0.15, 0.2) is 0 Å². The van der Waals surface area contributed by atoms with E-state index < -0.39 is 0 Å². The molecule has 104 valence electrons. The molecule has 1 nitrogen and oxygen atoms in total. The molecule has 0 aromatic heterocycles. The number of aryl methyl sites for hydroxylation is 1. The van der Waals surface area contributed by atoms with E-state index in [4.69, 9.17) is 11.6 Å². The second kappa shape index (κ2) is 6.21. The summed E-state index contributed by atoms with van der Waals surface area (Å²) in [6.45, 7) is 3.04. The van der Waals surface area contributed by atoms with Crippen molar-refractivity contribution in [3.63, 3.8) is 0 Å². The molecule has 0 radical (unpaired) electrons. The van der Waals surface area contributed by atoms with Gasteiger partial charge in [-0.05, 0) is 43.0 Å². The van der Waals surface area contributed by atoms with Crippen molar-refractivity contribution in [2.24, 2.45) is 0 Å². The van der Waals surface area contributed by atoms with Crippen LogP contribution in [0.5, 0.6) is 0 Å². The molecule has 1 aliphatic carbocycles. The number of halogens is 1. The summed E-state index contributed by atoms with van der Waals surface area (Å²) in [7, 11) is 0. The average Bonchev–Trinajstić information content (AvgIpc) is 3.26. The van der Waals surface area contributed by atoms with E-state index in [2.05, 4.69) is 42.6 Å². The van der Waals surface area contributed by atoms with Crippen LogP contribution in [0.1, 0.15) is 24.0 Å². The van der Waals surface area contributed by atoms with E-state index in [9.17, 15) is 0 Å². The number of hydrogen-bond acceptors (Lipinski definition) is 2. The summed E-state index contributed by atoms with van der Waals surface area (Å²) in [6.07, 6.45) is 2.61. The fourth-order valence-corrected chi connectivity index (χ4v) is 3.47. The standard InChI is InChI=1S/C17H18ClNS/c1-12-5-2-3-8-16(12)20-17-13(6-4-7-15(17)18)11-19-14-9-10-14/h2-8,14,19H,9-11H2,1H3. The lowest BCUT2D eigenvalue weighted by Crippen LogP contribution is -2.15. The molecule has 0 bridgehead atoms. The third kappa shape index (κ3) is 3.38. The Hall–Kier alpha value is -0.960. The SMILES string of the molecule is Cc1ccccc1Sc1c(Cl)cccc1CNC1CC1. The lowest BCUT2D eigenvalue weighted by Gasteiger charge is -2.13. The molecule has 20 heavy (non-hydrogen) atoms. The third-order valence-electron chi connectivity index (χ3n) is 3.51. The molecule has 0 aliphatic heterocycles. The van der Waals surface area contributed by atoms with E-state index in [1.807, 2.05) is 12.1 Å². The monoisotopic (exact) mass is 303 g/mol. The maximum Gasteiger partial charge on any atom is 0.0548 e. The van der Waals surface area contributed by atoms with E-state index in [1.54, 1.807) is 11.8 Å². The Morgan fingerprint density at radius 2 is 1.95 bits per heavy atom. The largest absolute Gasteiger partial charge is 0.310 e. The molecule has 0 unspecified atom stereocenters. The van der Waals surface area contributed by atoms with Crippen molar-refractivity contribution in [3.8, 4) is 0 Å². The fourth-order valence-electron chi connectivity index (χ4n) is 2.13. The van der Waals surface area contributed by atoms with Crippen LogP contribution < -0.4 is 5.32 Å². The molecule has 1 N–H and O–H groups in total.